The quantitative estimate of drug-likeness (QED) is 0.405. The van der Waals surface area contributed by atoms with Crippen LogP contribution in [-0.4, -0.2) is 54.6 Å². The van der Waals surface area contributed by atoms with E-state index in [1.54, 1.807) is 12.1 Å². The predicted molar refractivity (Wildman–Crippen MR) is 130 cm³/mol. The second-order valence-corrected chi connectivity index (χ2v) is 7.96. The van der Waals surface area contributed by atoms with Crippen molar-refractivity contribution in [1.82, 2.24) is 25.5 Å². The molecule has 0 aliphatic heterocycles. The SMILES string of the molecule is C=C(NCCN(CC)CCNC)c1c(C)[nH]c(/C=c2\c(=C)[nH]c3ccc(F)cc23)c1C. The van der Waals surface area contributed by atoms with Crippen molar-refractivity contribution in [2.75, 3.05) is 39.8 Å². The zero-order valence-electron chi connectivity index (χ0n) is 19.1. The highest BCUT2D eigenvalue weighted by Crippen LogP contribution is 2.23. The molecule has 5 nitrogen and oxygen atoms in total. The summed E-state index contributed by atoms with van der Waals surface area (Å²) >= 11 is 0. The topological polar surface area (TPSA) is 58.9 Å². The second-order valence-electron chi connectivity index (χ2n) is 7.96. The molecule has 3 rings (SSSR count). The number of aryl methyl sites for hydroxylation is 1. The number of benzene rings is 1. The van der Waals surface area contributed by atoms with Gasteiger partial charge in [0, 0.05) is 70.3 Å². The number of rotatable bonds is 10. The Morgan fingerprint density at radius 3 is 2.65 bits per heavy atom. The highest BCUT2D eigenvalue weighted by molar-refractivity contribution is 5.82. The molecular formula is C25H34FN5. The molecule has 0 unspecified atom stereocenters. The first-order chi connectivity index (χ1) is 14.8. The Bertz CT molecular complexity index is 1170. The van der Waals surface area contributed by atoms with Crippen molar-refractivity contribution < 1.29 is 4.39 Å². The van der Waals surface area contributed by atoms with Crippen LogP contribution in [-0.2, 0) is 0 Å². The molecule has 0 bridgehead atoms. The van der Waals surface area contributed by atoms with Gasteiger partial charge in [-0.25, -0.2) is 4.39 Å². The Morgan fingerprint density at radius 2 is 1.94 bits per heavy atom. The van der Waals surface area contributed by atoms with Gasteiger partial charge in [-0.15, -0.1) is 0 Å². The van der Waals surface area contributed by atoms with Crippen LogP contribution in [0.25, 0.3) is 29.3 Å². The minimum atomic E-state index is -0.255. The average Bonchev–Trinajstić information content (AvgIpc) is 3.19. The number of hydrogen-bond donors (Lipinski definition) is 4. The third kappa shape index (κ3) is 5.09. The molecule has 0 saturated carbocycles. The van der Waals surface area contributed by atoms with Crippen LogP contribution >= 0.6 is 0 Å². The Morgan fingerprint density at radius 1 is 1.19 bits per heavy atom. The fraction of sp³-hybridized carbons (Fsp3) is 0.360. The Balaban J connectivity index is 1.82. The van der Waals surface area contributed by atoms with Crippen molar-refractivity contribution in [2.24, 2.45) is 0 Å². The summed E-state index contributed by atoms with van der Waals surface area (Å²) in [6.07, 6.45) is 2.04. The van der Waals surface area contributed by atoms with Crippen molar-refractivity contribution in [3.63, 3.8) is 0 Å². The van der Waals surface area contributed by atoms with Crippen molar-refractivity contribution in [3.8, 4) is 0 Å². The van der Waals surface area contributed by atoms with Gasteiger partial charge in [-0.05, 0) is 57.3 Å². The first kappa shape index (κ1) is 22.8. The summed E-state index contributed by atoms with van der Waals surface area (Å²) in [5.74, 6) is -0.255. The molecule has 31 heavy (non-hydrogen) atoms. The molecule has 6 heteroatoms. The third-order valence-electron chi connectivity index (χ3n) is 5.84. The maximum absolute atomic E-state index is 13.8. The Labute approximate surface area is 183 Å². The van der Waals surface area contributed by atoms with E-state index in [2.05, 4.69) is 59.4 Å². The molecule has 0 aliphatic rings. The van der Waals surface area contributed by atoms with Crippen molar-refractivity contribution in [3.05, 3.63) is 63.7 Å². The molecule has 166 valence electrons. The van der Waals surface area contributed by atoms with Gasteiger partial charge >= 0.3 is 0 Å². The molecule has 0 atom stereocenters. The summed E-state index contributed by atoms with van der Waals surface area (Å²) in [5, 5.41) is 9.18. The first-order valence-electron chi connectivity index (χ1n) is 10.8. The molecule has 2 heterocycles. The number of aromatic nitrogens is 2. The number of nitrogens with one attached hydrogen (secondary N) is 4. The van der Waals surface area contributed by atoms with Gasteiger partial charge in [0.25, 0.3) is 0 Å². The Hall–Kier alpha value is -2.83. The van der Waals surface area contributed by atoms with Gasteiger partial charge in [0.2, 0.25) is 0 Å². The fourth-order valence-electron chi connectivity index (χ4n) is 4.07. The van der Waals surface area contributed by atoms with Gasteiger partial charge in [0.05, 0.1) is 0 Å². The summed E-state index contributed by atoms with van der Waals surface area (Å²) < 4.78 is 13.8. The van der Waals surface area contributed by atoms with E-state index in [1.807, 2.05) is 13.1 Å². The molecule has 0 saturated heterocycles. The van der Waals surface area contributed by atoms with Crippen LogP contribution in [0.4, 0.5) is 4.39 Å². The van der Waals surface area contributed by atoms with Crippen LogP contribution in [0.3, 0.4) is 0 Å². The summed E-state index contributed by atoms with van der Waals surface area (Å²) in [4.78, 5) is 9.10. The highest BCUT2D eigenvalue weighted by atomic mass is 19.1. The van der Waals surface area contributed by atoms with E-state index in [9.17, 15) is 4.39 Å². The van der Waals surface area contributed by atoms with Crippen molar-refractivity contribution in [2.45, 2.75) is 20.8 Å². The third-order valence-corrected chi connectivity index (χ3v) is 5.84. The average molecular weight is 424 g/mol. The lowest BCUT2D eigenvalue weighted by Gasteiger charge is -2.21. The number of hydrogen-bond acceptors (Lipinski definition) is 3. The monoisotopic (exact) mass is 423 g/mol. The molecule has 0 spiro atoms. The van der Waals surface area contributed by atoms with E-state index in [1.165, 1.54) is 6.07 Å². The van der Waals surface area contributed by atoms with E-state index < -0.39 is 0 Å². The van der Waals surface area contributed by atoms with E-state index in [0.29, 0.717) is 0 Å². The molecule has 1 aromatic carbocycles. The smallest absolute Gasteiger partial charge is 0.123 e. The van der Waals surface area contributed by atoms with Crippen LogP contribution in [0.5, 0.6) is 0 Å². The predicted octanol–water partition coefficient (Wildman–Crippen LogP) is 2.59. The summed E-state index contributed by atoms with van der Waals surface area (Å²) in [7, 11) is 1.98. The van der Waals surface area contributed by atoms with Crippen LogP contribution in [0, 0.1) is 19.7 Å². The van der Waals surface area contributed by atoms with Gasteiger partial charge in [-0.1, -0.05) is 20.1 Å². The van der Waals surface area contributed by atoms with Crippen LogP contribution in [0.15, 0.2) is 24.8 Å². The van der Waals surface area contributed by atoms with Crippen molar-refractivity contribution in [1.29, 1.82) is 0 Å². The minimum absolute atomic E-state index is 0.255. The number of aromatic amines is 2. The lowest BCUT2D eigenvalue weighted by molar-refractivity contribution is 0.293. The molecule has 3 aromatic rings. The van der Waals surface area contributed by atoms with Crippen LogP contribution in [0.1, 0.15) is 29.4 Å². The number of fused-ring (bicyclic) bond motifs is 1. The number of H-pyrrole nitrogens is 2. The summed E-state index contributed by atoms with van der Waals surface area (Å²) in [6, 6.07) is 4.75. The highest BCUT2D eigenvalue weighted by Gasteiger charge is 2.13. The van der Waals surface area contributed by atoms with E-state index in [0.717, 1.165) is 82.4 Å². The second kappa shape index (κ2) is 9.98. The standard InChI is InChI=1S/C25H34FN5/c1-7-31(12-10-27-6)13-11-28-18(4)25-16(2)24(30-19(25)5)15-21-17(3)29-23-9-8-20(26)14-22(21)23/h8-9,14-15,27-30H,3-4,7,10-13H2,1-2,5-6H3/b21-15+. The molecule has 2 aromatic heterocycles. The van der Waals surface area contributed by atoms with Gasteiger partial charge < -0.3 is 25.5 Å². The lowest BCUT2D eigenvalue weighted by atomic mass is 10.1. The molecule has 0 fully saturated rings. The van der Waals surface area contributed by atoms with Crippen LogP contribution < -0.4 is 21.2 Å². The molecule has 0 amide bonds. The number of nitrogens with zero attached hydrogens (tertiary/aromatic N) is 1. The maximum Gasteiger partial charge on any atom is 0.123 e. The molecule has 0 radical (unpaired) electrons. The Kier molecular flexibility index (Phi) is 7.36. The van der Waals surface area contributed by atoms with Gasteiger partial charge in [0.15, 0.2) is 0 Å². The summed E-state index contributed by atoms with van der Waals surface area (Å²) in [5.41, 5.74) is 6.04. The normalized spacial score (nSPS) is 12.3. The lowest BCUT2D eigenvalue weighted by Crippen LogP contribution is -2.35. The van der Waals surface area contributed by atoms with Gasteiger partial charge in [-0.2, -0.15) is 0 Å². The largest absolute Gasteiger partial charge is 0.384 e. The summed E-state index contributed by atoms with van der Waals surface area (Å²) in [6.45, 7) is 19.5. The minimum Gasteiger partial charge on any atom is -0.384 e. The molecule has 0 aliphatic carbocycles. The van der Waals surface area contributed by atoms with Crippen LogP contribution in [0.2, 0.25) is 0 Å². The fourth-order valence-corrected chi connectivity index (χ4v) is 4.07. The van der Waals surface area contributed by atoms with Crippen molar-refractivity contribution >= 4 is 29.3 Å². The van der Waals surface area contributed by atoms with E-state index >= 15 is 0 Å². The zero-order valence-corrected chi connectivity index (χ0v) is 19.1. The molecular weight excluding hydrogens is 389 g/mol. The number of likely N-dealkylation sites (N-methyl/N-ethyl adjacent to an activating group) is 2. The van der Waals surface area contributed by atoms with Gasteiger partial charge in [-0.3, -0.25) is 0 Å². The number of halogens is 1. The first-order valence-corrected chi connectivity index (χ1v) is 10.8. The van der Waals surface area contributed by atoms with E-state index in [-0.39, 0.29) is 5.82 Å². The maximum atomic E-state index is 13.8. The van der Waals surface area contributed by atoms with E-state index in [4.69, 9.17) is 0 Å². The van der Waals surface area contributed by atoms with Gasteiger partial charge in [0.1, 0.15) is 5.82 Å². The molecule has 4 N–H and O–H groups in total. The zero-order chi connectivity index (χ0) is 22.5.